The fraction of sp³-hybridized carbons (Fsp3) is 0. The minimum absolute atomic E-state index is 0.192. The quantitative estimate of drug-likeness (QED) is 0.545. The van der Waals surface area contributed by atoms with Crippen molar-refractivity contribution in [3.8, 4) is 0 Å². The third kappa shape index (κ3) is 1.43. The third-order valence-electron chi connectivity index (χ3n) is 0.776. The molecule has 5 heteroatoms. The standard InChI is InChI=1S/C4H4N2OS2/c5-4(8)3-1-9(7)2-6-3/h1-2H,(H2,5,8). The minimum atomic E-state index is -1.09. The highest BCUT2D eigenvalue weighted by molar-refractivity contribution is 8.01. The van der Waals surface area contributed by atoms with Gasteiger partial charge in [-0.2, -0.15) is 0 Å². The average Bonchev–Trinajstić information content (AvgIpc) is 2.14. The van der Waals surface area contributed by atoms with E-state index >= 15 is 0 Å². The Morgan fingerprint density at radius 3 is 2.78 bits per heavy atom. The molecule has 0 radical (unpaired) electrons. The molecule has 0 bridgehead atoms. The van der Waals surface area contributed by atoms with E-state index in [9.17, 15) is 4.21 Å². The second-order valence-corrected chi connectivity index (χ2v) is 2.97. The van der Waals surface area contributed by atoms with Crippen molar-refractivity contribution in [2.75, 3.05) is 0 Å². The Balaban J connectivity index is 2.88. The predicted molar refractivity (Wildman–Crippen MR) is 41.5 cm³/mol. The molecule has 1 heterocycles. The van der Waals surface area contributed by atoms with Crippen LogP contribution in [0.4, 0.5) is 0 Å². The van der Waals surface area contributed by atoms with Gasteiger partial charge in [0.05, 0.1) is 16.3 Å². The van der Waals surface area contributed by atoms with Crippen molar-refractivity contribution in [2.24, 2.45) is 10.7 Å². The molecule has 0 saturated carbocycles. The Morgan fingerprint density at radius 1 is 1.89 bits per heavy atom. The van der Waals surface area contributed by atoms with Gasteiger partial charge in [-0.05, 0) is 0 Å². The second-order valence-electron chi connectivity index (χ2n) is 1.43. The summed E-state index contributed by atoms with van der Waals surface area (Å²) in [4.78, 5) is 3.88. The number of thiocarbonyl (C=S) groups is 1. The minimum Gasteiger partial charge on any atom is -0.388 e. The van der Waals surface area contributed by atoms with Crippen LogP contribution in [0.3, 0.4) is 0 Å². The van der Waals surface area contributed by atoms with Crippen molar-refractivity contribution in [2.45, 2.75) is 0 Å². The molecule has 3 nitrogen and oxygen atoms in total. The van der Waals surface area contributed by atoms with Crippen LogP contribution in [-0.2, 0) is 10.8 Å². The van der Waals surface area contributed by atoms with Gasteiger partial charge in [0.15, 0.2) is 0 Å². The number of aliphatic imine (C=N–C) groups is 1. The topological polar surface area (TPSA) is 55.5 Å². The van der Waals surface area contributed by atoms with Gasteiger partial charge in [0.2, 0.25) is 0 Å². The lowest BCUT2D eigenvalue weighted by molar-refractivity contribution is 0.695. The Kier molecular flexibility index (Phi) is 1.73. The van der Waals surface area contributed by atoms with Gasteiger partial charge < -0.3 is 5.73 Å². The molecule has 2 N–H and O–H groups in total. The molecule has 0 aromatic heterocycles. The van der Waals surface area contributed by atoms with Gasteiger partial charge in [0.1, 0.15) is 10.7 Å². The van der Waals surface area contributed by atoms with E-state index in [0.717, 1.165) is 0 Å². The Labute approximate surface area is 60.1 Å². The molecule has 1 unspecified atom stereocenters. The van der Waals surface area contributed by atoms with Crippen molar-refractivity contribution in [3.05, 3.63) is 11.1 Å². The highest BCUT2D eigenvalue weighted by Gasteiger charge is 2.05. The molecule has 1 aliphatic rings. The molecule has 1 aliphatic heterocycles. The zero-order valence-electron chi connectivity index (χ0n) is 4.40. The van der Waals surface area contributed by atoms with E-state index in [4.69, 9.17) is 5.73 Å². The monoisotopic (exact) mass is 160 g/mol. The summed E-state index contributed by atoms with van der Waals surface area (Å²) < 4.78 is 10.5. The zero-order chi connectivity index (χ0) is 6.85. The molecule has 1 atom stereocenters. The molecule has 1 rings (SSSR count). The van der Waals surface area contributed by atoms with Crippen molar-refractivity contribution in [1.82, 2.24) is 0 Å². The fourth-order valence-electron chi connectivity index (χ4n) is 0.401. The number of hydrogen-bond acceptors (Lipinski definition) is 3. The maximum atomic E-state index is 10.5. The normalized spacial score (nSPS) is 24.0. The molecule has 0 amide bonds. The van der Waals surface area contributed by atoms with Crippen LogP contribution in [-0.4, -0.2) is 14.7 Å². The average molecular weight is 160 g/mol. The molecular weight excluding hydrogens is 156 g/mol. The van der Waals surface area contributed by atoms with Gasteiger partial charge in [-0.3, -0.25) is 0 Å². The van der Waals surface area contributed by atoms with Crippen LogP contribution in [0.25, 0.3) is 0 Å². The van der Waals surface area contributed by atoms with E-state index in [0.29, 0.717) is 5.70 Å². The van der Waals surface area contributed by atoms with Crippen molar-refractivity contribution < 1.29 is 4.21 Å². The Morgan fingerprint density at radius 2 is 2.56 bits per heavy atom. The molecule has 0 aliphatic carbocycles. The first-order valence-electron chi connectivity index (χ1n) is 2.15. The Bertz CT molecular complexity index is 231. The summed E-state index contributed by atoms with van der Waals surface area (Å²) in [5, 5.41) is 1.42. The molecular formula is C4H4N2OS2. The molecule has 0 aromatic carbocycles. The van der Waals surface area contributed by atoms with E-state index in [1.165, 1.54) is 11.0 Å². The van der Waals surface area contributed by atoms with Crippen LogP contribution >= 0.6 is 12.2 Å². The van der Waals surface area contributed by atoms with E-state index < -0.39 is 10.8 Å². The first-order chi connectivity index (χ1) is 4.20. The lowest BCUT2D eigenvalue weighted by Crippen LogP contribution is -2.08. The number of nitrogens with zero attached hydrogens (tertiary/aromatic N) is 1. The Hall–Kier alpha value is -0.550. The molecule has 0 fully saturated rings. The highest BCUT2D eigenvalue weighted by atomic mass is 32.2. The zero-order valence-corrected chi connectivity index (χ0v) is 6.04. The smallest absolute Gasteiger partial charge is 0.123 e. The molecule has 9 heavy (non-hydrogen) atoms. The number of nitrogens with two attached hydrogens (primary N) is 1. The summed E-state index contributed by atoms with van der Waals surface area (Å²) in [6.45, 7) is 0. The first-order valence-corrected chi connectivity index (χ1v) is 3.84. The highest BCUT2D eigenvalue weighted by Crippen LogP contribution is 2.04. The van der Waals surface area contributed by atoms with Gasteiger partial charge in [-0.25, -0.2) is 9.20 Å². The fourth-order valence-corrected chi connectivity index (χ4v) is 1.27. The predicted octanol–water partition coefficient (Wildman–Crippen LogP) is -0.0955. The lowest BCUT2D eigenvalue weighted by Gasteiger charge is -1.87. The van der Waals surface area contributed by atoms with Crippen molar-refractivity contribution in [1.29, 1.82) is 0 Å². The summed E-state index contributed by atoms with van der Waals surface area (Å²) in [5.74, 6) is 0. The van der Waals surface area contributed by atoms with Gasteiger partial charge >= 0.3 is 0 Å². The second kappa shape index (κ2) is 2.36. The van der Waals surface area contributed by atoms with Crippen LogP contribution in [0.1, 0.15) is 0 Å². The largest absolute Gasteiger partial charge is 0.388 e. The maximum Gasteiger partial charge on any atom is 0.123 e. The lowest BCUT2D eigenvalue weighted by atomic mass is 10.5. The molecule has 0 saturated heterocycles. The summed E-state index contributed by atoms with van der Waals surface area (Å²) >= 11 is 4.57. The SMILES string of the molecule is NC(=S)C1=CS(=O)C=N1. The van der Waals surface area contributed by atoms with Gasteiger partial charge in [-0.15, -0.1) is 0 Å². The van der Waals surface area contributed by atoms with E-state index in [2.05, 4.69) is 17.2 Å². The summed E-state index contributed by atoms with van der Waals surface area (Å²) in [7, 11) is -1.09. The summed E-state index contributed by atoms with van der Waals surface area (Å²) in [6.07, 6.45) is 0. The summed E-state index contributed by atoms with van der Waals surface area (Å²) in [6, 6.07) is 0. The van der Waals surface area contributed by atoms with Crippen LogP contribution in [0.2, 0.25) is 0 Å². The van der Waals surface area contributed by atoms with E-state index in [1.807, 2.05) is 0 Å². The van der Waals surface area contributed by atoms with Crippen molar-refractivity contribution >= 4 is 33.6 Å². The number of hydrogen-bond donors (Lipinski definition) is 1. The number of rotatable bonds is 1. The maximum absolute atomic E-state index is 10.5. The van der Waals surface area contributed by atoms with Crippen LogP contribution in [0, 0.1) is 0 Å². The van der Waals surface area contributed by atoms with Gasteiger partial charge in [0.25, 0.3) is 0 Å². The van der Waals surface area contributed by atoms with E-state index in [1.54, 1.807) is 0 Å². The third-order valence-corrected chi connectivity index (χ3v) is 1.75. The molecule has 0 aromatic rings. The van der Waals surface area contributed by atoms with Gasteiger partial charge in [-0.1, -0.05) is 12.2 Å². The van der Waals surface area contributed by atoms with Crippen LogP contribution < -0.4 is 5.73 Å². The van der Waals surface area contributed by atoms with Crippen LogP contribution in [0.5, 0.6) is 0 Å². The molecule has 48 valence electrons. The molecule has 0 spiro atoms. The van der Waals surface area contributed by atoms with Crippen molar-refractivity contribution in [3.63, 3.8) is 0 Å². The summed E-state index contributed by atoms with van der Waals surface area (Å²) in [5.41, 5.74) is 6.92. The van der Waals surface area contributed by atoms with Gasteiger partial charge in [0, 0.05) is 5.41 Å². The van der Waals surface area contributed by atoms with E-state index in [-0.39, 0.29) is 4.99 Å². The van der Waals surface area contributed by atoms with Crippen LogP contribution in [0.15, 0.2) is 16.1 Å². The first kappa shape index (κ1) is 6.57.